The van der Waals surface area contributed by atoms with E-state index in [9.17, 15) is 22.8 Å². The van der Waals surface area contributed by atoms with E-state index in [0.717, 1.165) is 12.1 Å². The molecule has 0 aliphatic heterocycles. The van der Waals surface area contributed by atoms with Crippen molar-refractivity contribution in [1.29, 1.82) is 0 Å². The molecule has 160 valence electrons. The van der Waals surface area contributed by atoms with Gasteiger partial charge in [-0.3, -0.25) is 9.59 Å². The number of carbonyl (C=O) groups excluding carboxylic acids is 2. The third-order valence-electron chi connectivity index (χ3n) is 4.41. The number of anilines is 2. The molecule has 3 aromatic rings. The lowest BCUT2D eigenvalue weighted by atomic mass is 10.1. The van der Waals surface area contributed by atoms with Crippen molar-refractivity contribution in [3.05, 3.63) is 89.5 Å². The van der Waals surface area contributed by atoms with Gasteiger partial charge in [0, 0.05) is 11.3 Å². The van der Waals surface area contributed by atoms with Gasteiger partial charge in [0.1, 0.15) is 5.75 Å². The first kappa shape index (κ1) is 21.9. The fourth-order valence-corrected chi connectivity index (χ4v) is 2.90. The number of nitrogens with one attached hydrogen (secondary N) is 2. The second-order valence-corrected chi connectivity index (χ2v) is 6.65. The molecule has 3 rings (SSSR count). The first-order valence-electron chi connectivity index (χ1n) is 9.26. The average molecular weight is 428 g/mol. The molecule has 0 aromatic heterocycles. The minimum absolute atomic E-state index is 0.208. The van der Waals surface area contributed by atoms with Crippen molar-refractivity contribution in [1.82, 2.24) is 0 Å². The predicted molar refractivity (Wildman–Crippen MR) is 111 cm³/mol. The highest BCUT2D eigenvalue weighted by Crippen LogP contribution is 2.29. The van der Waals surface area contributed by atoms with Crippen LogP contribution in [0.15, 0.2) is 72.8 Å². The molecule has 0 aliphatic carbocycles. The highest BCUT2D eigenvalue weighted by atomic mass is 19.4. The summed E-state index contributed by atoms with van der Waals surface area (Å²) < 4.78 is 43.6. The largest absolute Gasteiger partial charge is 0.495 e. The zero-order valence-corrected chi connectivity index (χ0v) is 16.5. The Morgan fingerprint density at radius 2 is 1.61 bits per heavy atom. The minimum Gasteiger partial charge on any atom is -0.495 e. The van der Waals surface area contributed by atoms with E-state index in [0.29, 0.717) is 22.7 Å². The van der Waals surface area contributed by atoms with Gasteiger partial charge >= 0.3 is 6.18 Å². The van der Waals surface area contributed by atoms with Crippen LogP contribution in [0.3, 0.4) is 0 Å². The number of carbonyl (C=O) groups is 2. The molecule has 0 aliphatic rings. The summed E-state index contributed by atoms with van der Waals surface area (Å²) in [6.07, 6.45) is -4.67. The van der Waals surface area contributed by atoms with Gasteiger partial charge in [-0.15, -0.1) is 0 Å². The molecular formula is C23H19F3N2O3. The maximum absolute atomic E-state index is 12.8. The van der Waals surface area contributed by atoms with Crippen LogP contribution in [-0.4, -0.2) is 18.9 Å². The minimum atomic E-state index is -4.47. The number of methoxy groups -OCH3 is 1. The van der Waals surface area contributed by atoms with Crippen LogP contribution in [0.2, 0.25) is 0 Å². The number of alkyl halides is 3. The van der Waals surface area contributed by atoms with E-state index in [4.69, 9.17) is 4.74 Å². The number of halogens is 3. The van der Waals surface area contributed by atoms with E-state index in [2.05, 4.69) is 10.6 Å². The molecule has 5 nitrogen and oxygen atoms in total. The molecule has 0 radical (unpaired) electrons. The summed E-state index contributed by atoms with van der Waals surface area (Å²) in [6, 6.07) is 17.8. The van der Waals surface area contributed by atoms with E-state index < -0.39 is 17.6 Å². The van der Waals surface area contributed by atoms with Gasteiger partial charge in [-0.25, -0.2) is 0 Å². The van der Waals surface area contributed by atoms with Crippen LogP contribution in [0.1, 0.15) is 21.5 Å². The lowest BCUT2D eigenvalue weighted by Gasteiger charge is -2.11. The quantitative estimate of drug-likeness (QED) is 0.571. The van der Waals surface area contributed by atoms with E-state index in [1.807, 2.05) is 0 Å². The third-order valence-corrected chi connectivity index (χ3v) is 4.41. The zero-order chi connectivity index (χ0) is 22.4. The van der Waals surface area contributed by atoms with Gasteiger partial charge in [-0.1, -0.05) is 30.3 Å². The maximum atomic E-state index is 12.8. The molecule has 0 fully saturated rings. The Labute approximate surface area is 176 Å². The Morgan fingerprint density at radius 1 is 0.903 bits per heavy atom. The van der Waals surface area contributed by atoms with Crippen molar-refractivity contribution in [3.8, 4) is 5.75 Å². The van der Waals surface area contributed by atoms with E-state index in [1.165, 1.54) is 31.4 Å². The Bertz CT molecular complexity index is 1080. The summed E-state index contributed by atoms with van der Waals surface area (Å²) in [5.41, 5.74) is 0.754. The van der Waals surface area contributed by atoms with Crippen molar-refractivity contribution < 1.29 is 27.5 Å². The molecule has 31 heavy (non-hydrogen) atoms. The Hall–Kier alpha value is -3.81. The smallest absolute Gasteiger partial charge is 0.416 e. The average Bonchev–Trinajstić information content (AvgIpc) is 2.74. The lowest BCUT2D eigenvalue weighted by molar-refractivity contribution is -0.137. The molecule has 0 atom stereocenters. The SMILES string of the molecule is COc1ccccc1NC(=O)c1ccc(NC(=O)Cc2cccc(C(F)(F)F)c2)cc1. The molecule has 0 saturated heterocycles. The van der Waals surface area contributed by atoms with Crippen LogP contribution in [0.25, 0.3) is 0 Å². The first-order valence-corrected chi connectivity index (χ1v) is 9.26. The normalized spacial score (nSPS) is 11.0. The van der Waals surface area contributed by atoms with Crippen molar-refractivity contribution in [3.63, 3.8) is 0 Å². The second kappa shape index (κ2) is 9.34. The molecular weight excluding hydrogens is 409 g/mol. The van der Waals surface area contributed by atoms with Crippen LogP contribution in [-0.2, 0) is 17.4 Å². The van der Waals surface area contributed by atoms with Crippen molar-refractivity contribution in [2.45, 2.75) is 12.6 Å². The van der Waals surface area contributed by atoms with Crippen LogP contribution in [0.4, 0.5) is 24.5 Å². The Morgan fingerprint density at radius 3 is 2.29 bits per heavy atom. The van der Waals surface area contributed by atoms with Gasteiger partial charge in [-0.05, 0) is 48.0 Å². The van der Waals surface area contributed by atoms with Crippen LogP contribution in [0, 0.1) is 0 Å². The summed E-state index contributed by atoms with van der Waals surface area (Å²) in [7, 11) is 1.50. The van der Waals surface area contributed by atoms with Gasteiger partial charge in [0.05, 0.1) is 24.8 Å². The Balaban J connectivity index is 1.61. The molecule has 0 heterocycles. The van der Waals surface area contributed by atoms with Crippen LogP contribution < -0.4 is 15.4 Å². The zero-order valence-electron chi connectivity index (χ0n) is 16.5. The molecule has 0 bridgehead atoms. The van der Waals surface area contributed by atoms with Crippen molar-refractivity contribution in [2.24, 2.45) is 0 Å². The molecule has 2 N–H and O–H groups in total. The molecule has 0 spiro atoms. The van der Waals surface area contributed by atoms with Crippen molar-refractivity contribution >= 4 is 23.2 Å². The fraction of sp³-hybridized carbons (Fsp3) is 0.130. The monoisotopic (exact) mass is 428 g/mol. The maximum Gasteiger partial charge on any atom is 0.416 e. The number of para-hydroxylation sites is 2. The summed E-state index contributed by atoms with van der Waals surface area (Å²) in [5, 5.41) is 5.36. The van der Waals surface area contributed by atoms with Gasteiger partial charge < -0.3 is 15.4 Å². The summed E-state index contributed by atoms with van der Waals surface area (Å²) in [5.74, 6) is -0.300. The molecule has 8 heteroatoms. The first-order chi connectivity index (χ1) is 14.8. The number of rotatable bonds is 6. The summed E-state index contributed by atoms with van der Waals surface area (Å²) >= 11 is 0. The van der Waals surface area contributed by atoms with Gasteiger partial charge in [0.25, 0.3) is 5.91 Å². The van der Waals surface area contributed by atoms with E-state index >= 15 is 0 Å². The fourth-order valence-electron chi connectivity index (χ4n) is 2.90. The topological polar surface area (TPSA) is 67.4 Å². The number of hydrogen-bond acceptors (Lipinski definition) is 3. The standard InChI is InChI=1S/C23H19F3N2O3/c1-31-20-8-3-2-7-19(20)28-22(30)16-9-11-18(12-10-16)27-21(29)14-15-5-4-6-17(13-15)23(24,25)26/h2-13H,14H2,1H3,(H,27,29)(H,28,30). The van der Waals surface area contributed by atoms with Gasteiger partial charge in [0.2, 0.25) is 5.91 Å². The molecule has 2 amide bonds. The van der Waals surface area contributed by atoms with Gasteiger partial charge in [-0.2, -0.15) is 13.2 Å². The highest BCUT2D eigenvalue weighted by Gasteiger charge is 2.30. The molecule has 0 saturated carbocycles. The summed E-state index contributed by atoms with van der Waals surface area (Å²) in [6.45, 7) is 0. The van der Waals surface area contributed by atoms with Crippen molar-refractivity contribution in [2.75, 3.05) is 17.7 Å². The highest BCUT2D eigenvalue weighted by molar-refractivity contribution is 6.05. The third kappa shape index (κ3) is 5.85. The predicted octanol–water partition coefficient (Wildman–Crippen LogP) is 5.15. The van der Waals surface area contributed by atoms with E-state index in [1.54, 1.807) is 36.4 Å². The molecule has 0 unspecified atom stereocenters. The lowest BCUT2D eigenvalue weighted by Crippen LogP contribution is -2.16. The summed E-state index contributed by atoms with van der Waals surface area (Å²) in [4.78, 5) is 24.6. The number of benzene rings is 3. The second-order valence-electron chi connectivity index (χ2n) is 6.65. The van der Waals surface area contributed by atoms with Crippen LogP contribution >= 0.6 is 0 Å². The molecule has 3 aromatic carbocycles. The number of amides is 2. The van der Waals surface area contributed by atoms with E-state index in [-0.39, 0.29) is 17.9 Å². The Kier molecular flexibility index (Phi) is 6.59. The number of hydrogen-bond donors (Lipinski definition) is 2. The van der Waals surface area contributed by atoms with Crippen LogP contribution in [0.5, 0.6) is 5.75 Å². The van der Waals surface area contributed by atoms with Gasteiger partial charge in [0.15, 0.2) is 0 Å². The number of ether oxygens (including phenoxy) is 1.